The molecule has 1 aromatic heterocycles. The van der Waals surface area contributed by atoms with Crippen LogP contribution < -0.4 is 10.6 Å². The zero-order valence-electron chi connectivity index (χ0n) is 13.4. The zero-order chi connectivity index (χ0) is 18.8. The van der Waals surface area contributed by atoms with E-state index in [0.717, 1.165) is 0 Å². The monoisotopic (exact) mass is 358 g/mol. The summed E-state index contributed by atoms with van der Waals surface area (Å²) in [4.78, 5) is 39.9. The smallest absolute Gasteiger partial charge is 0.323 e. The molecule has 140 valence electrons. The van der Waals surface area contributed by atoms with Crippen LogP contribution in [0.3, 0.4) is 0 Å². The molecule has 0 bridgehead atoms. The minimum atomic E-state index is -1.46. The largest absolute Gasteiger partial charge is 0.481 e. The number of aliphatic carboxylic acids is 2. The Morgan fingerprint density at radius 1 is 1.24 bits per heavy atom. The van der Waals surface area contributed by atoms with Gasteiger partial charge in [-0.2, -0.15) is 0 Å². The highest BCUT2D eigenvalue weighted by Gasteiger charge is 2.27. The average molecular weight is 358 g/mol. The van der Waals surface area contributed by atoms with Crippen molar-refractivity contribution < 1.29 is 34.8 Å². The molecule has 1 amide bonds. The molecule has 0 aliphatic rings. The van der Waals surface area contributed by atoms with Crippen LogP contribution in [0.2, 0.25) is 0 Å². The van der Waals surface area contributed by atoms with Gasteiger partial charge in [0.05, 0.1) is 19.0 Å². The van der Waals surface area contributed by atoms with Crippen molar-refractivity contribution in [2.24, 2.45) is 0 Å². The number of aliphatic hydroxyl groups excluding tert-OH is 2. The zero-order valence-corrected chi connectivity index (χ0v) is 13.4. The third-order valence-corrected chi connectivity index (χ3v) is 3.37. The Morgan fingerprint density at radius 3 is 2.48 bits per heavy atom. The second-order valence-corrected chi connectivity index (χ2v) is 5.39. The number of hydrogen-bond donors (Lipinski definition) is 7. The third-order valence-electron chi connectivity index (χ3n) is 3.37. The number of amides is 1. The lowest BCUT2D eigenvalue weighted by Gasteiger charge is -2.26. The maximum atomic E-state index is 11.9. The molecule has 25 heavy (non-hydrogen) atoms. The number of imidazole rings is 1. The van der Waals surface area contributed by atoms with Crippen LogP contribution in [-0.4, -0.2) is 73.2 Å². The van der Waals surface area contributed by atoms with E-state index in [1.54, 1.807) is 0 Å². The molecule has 3 atom stereocenters. The number of carboxylic acid groups (broad SMARTS) is 2. The first-order chi connectivity index (χ1) is 11.8. The Labute approximate surface area is 143 Å². The van der Waals surface area contributed by atoms with Crippen LogP contribution in [0.4, 0.5) is 0 Å². The van der Waals surface area contributed by atoms with Gasteiger partial charge in [-0.15, -0.1) is 0 Å². The Bertz CT molecular complexity index is 564. The van der Waals surface area contributed by atoms with Gasteiger partial charge < -0.3 is 30.7 Å². The summed E-state index contributed by atoms with van der Waals surface area (Å²) < 4.78 is 0. The fraction of sp³-hybridized carbons (Fsp3) is 0.571. The summed E-state index contributed by atoms with van der Waals surface area (Å²) in [7, 11) is 0. The summed E-state index contributed by atoms with van der Waals surface area (Å²) in [5, 5.41) is 41.6. The summed E-state index contributed by atoms with van der Waals surface area (Å²) in [6.07, 6.45) is 1.48. The molecule has 0 saturated carbocycles. The van der Waals surface area contributed by atoms with Gasteiger partial charge in [-0.25, -0.2) is 4.98 Å². The fourth-order valence-corrected chi connectivity index (χ4v) is 2.08. The molecule has 0 radical (unpaired) electrons. The topological polar surface area (TPSA) is 185 Å². The van der Waals surface area contributed by atoms with Crippen molar-refractivity contribution in [2.75, 3.05) is 6.61 Å². The number of aromatic nitrogens is 2. The molecule has 11 heteroatoms. The van der Waals surface area contributed by atoms with Crippen molar-refractivity contribution in [1.29, 1.82) is 0 Å². The van der Waals surface area contributed by atoms with E-state index >= 15 is 0 Å². The lowest BCUT2D eigenvalue weighted by atomic mass is 10.1. The van der Waals surface area contributed by atoms with Crippen molar-refractivity contribution in [3.05, 3.63) is 18.2 Å². The Hall–Kier alpha value is -2.50. The van der Waals surface area contributed by atoms with Crippen LogP contribution in [0.5, 0.6) is 0 Å². The van der Waals surface area contributed by atoms with Crippen LogP contribution in [0.1, 0.15) is 25.0 Å². The fourth-order valence-electron chi connectivity index (χ4n) is 2.08. The minimum absolute atomic E-state index is 0.0547. The summed E-state index contributed by atoms with van der Waals surface area (Å²) in [6, 6.07) is -2.31. The van der Waals surface area contributed by atoms with E-state index in [4.69, 9.17) is 15.3 Å². The van der Waals surface area contributed by atoms with Crippen LogP contribution in [0, 0.1) is 0 Å². The molecule has 0 aliphatic carbocycles. The molecule has 3 unspecified atom stereocenters. The van der Waals surface area contributed by atoms with Gasteiger partial charge in [0.2, 0.25) is 5.91 Å². The van der Waals surface area contributed by atoms with Crippen LogP contribution in [0.25, 0.3) is 0 Å². The quantitative estimate of drug-likeness (QED) is 0.208. The number of rotatable bonds is 12. The molecule has 0 aliphatic heterocycles. The second kappa shape index (κ2) is 10.4. The number of carboxylic acids is 2. The van der Waals surface area contributed by atoms with Crippen molar-refractivity contribution in [1.82, 2.24) is 20.6 Å². The maximum absolute atomic E-state index is 11.9. The van der Waals surface area contributed by atoms with Gasteiger partial charge in [0.1, 0.15) is 12.3 Å². The molecule has 7 N–H and O–H groups in total. The van der Waals surface area contributed by atoms with E-state index < -0.39 is 42.8 Å². The van der Waals surface area contributed by atoms with E-state index in [2.05, 4.69) is 20.6 Å². The first-order valence-electron chi connectivity index (χ1n) is 7.59. The molecule has 1 heterocycles. The normalized spacial score (nSPS) is 14.5. The highest BCUT2D eigenvalue weighted by Crippen LogP contribution is 2.05. The van der Waals surface area contributed by atoms with Gasteiger partial charge in [0.15, 0.2) is 0 Å². The lowest BCUT2D eigenvalue weighted by Crippen LogP contribution is -2.56. The summed E-state index contributed by atoms with van der Waals surface area (Å²) in [5.41, 5.74) is 0.590. The molecule has 1 rings (SSSR count). The molecule has 0 spiro atoms. The minimum Gasteiger partial charge on any atom is -0.481 e. The third kappa shape index (κ3) is 7.74. The molecule has 11 nitrogen and oxygen atoms in total. The number of nitrogens with one attached hydrogen (secondary N) is 3. The number of aromatic amines is 1. The van der Waals surface area contributed by atoms with Gasteiger partial charge in [0.25, 0.3) is 0 Å². The highest BCUT2D eigenvalue weighted by molar-refractivity contribution is 5.77. The lowest BCUT2D eigenvalue weighted by molar-refractivity contribution is -0.142. The first-order valence-corrected chi connectivity index (χ1v) is 7.59. The van der Waals surface area contributed by atoms with Gasteiger partial charge in [-0.1, -0.05) is 0 Å². The SMILES string of the molecule is O=C(O)CCCC(=O)NC(Cc1cnc[nH]1)C(O)NC(CO)C(=O)O. The van der Waals surface area contributed by atoms with Crippen molar-refractivity contribution in [3.8, 4) is 0 Å². The van der Waals surface area contributed by atoms with E-state index in [9.17, 15) is 19.5 Å². The molecule has 1 aromatic rings. The second-order valence-electron chi connectivity index (χ2n) is 5.39. The average Bonchev–Trinajstić information content (AvgIpc) is 3.04. The number of carbonyl (C=O) groups is 3. The van der Waals surface area contributed by atoms with Crippen molar-refractivity contribution in [3.63, 3.8) is 0 Å². The molecule has 0 saturated heterocycles. The molecule has 0 fully saturated rings. The van der Waals surface area contributed by atoms with Gasteiger partial charge in [-0.3, -0.25) is 19.7 Å². The van der Waals surface area contributed by atoms with Gasteiger partial charge in [-0.05, 0) is 6.42 Å². The Balaban J connectivity index is 2.69. The van der Waals surface area contributed by atoms with Crippen LogP contribution >= 0.6 is 0 Å². The molecule has 0 aromatic carbocycles. The van der Waals surface area contributed by atoms with Gasteiger partial charge >= 0.3 is 11.9 Å². The standard InChI is InChI=1S/C14H22N4O7/c19-6-10(14(24)25)18-13(23)9(4-8-5-15-7-16-8)17-11(20)2-1-3-12(21)22/h5,7,9-10,13,18-19,23H,1-4,6H2,(H,15,16)(H,17,20)(H,21,22)(H,24,25). The van der Waals surface area contributed by atoms with Crippen molar-refractivity contribution in [2.45, 2.75) is 44.0 Å². The Kier molecular flexibility index (Phi) is 8.53. The number of hydrogen-bond acceptors (Lipinski definition) is 7. The van der Waals surface area contributed by atoms with E-state index in [-0.39, 0.29) is 25.7 Å². The number of nitrogens with zero attached hydrogens (tertiary/aromatic N) is 1. The Morgan fingerprint density at radius 2 is 1.96 bits per heavy atom. The summed E-state index contributed by atoms with van der Waals surface area (Å²) in [5.74, 6) is -2.85. The van der Waals surface area contributed by atoms with Crippen LogP contribution in [-0.2, 0) is 20.8 Å². The predicted octanol–water partition coefficient (Wildman–Crippen LogP) is -1.95. The number of carbonyl (C=O) groups excluding carboxylic acids is 1. The predicted molar refractivity (Wildman–Crippen MR) is 83.4 cm³/mol. The summed E-state index contributed by atoms with van der Waals surface area (Å²) in [6.45, 7) is -0.740. The van der Waals surface area contributed by atoms with E-state index in [0.29, 0.717) is 5.69 Å². The van der Waals surface area contributed by atoms with E-state index in [1.165, 1.54) is 12.5 Å². The maximum Gasteiger partial charge on any atom is 0.323 e. The number of H-pyrrole nitrogens is 1. The first kappa shape index (κ1) is 20.5. The highest BCUT2D eigenvalue weighted by atomic mass is 16.4. The van der Waals surface area contributed by atoms with Crippen molar-refractivity contribution >= 4 is 17.8 Å². The van der Waals surface area contributed by atoms with Gasteiger partial charge in [0, 0.05) is 31.2 Å². The summed E-state index contributed by atoms with van der Waals surface area (Å²) >= 11 is 0. The number of aliphatic hydroxyl groups is 2. The molecular formula is C14H22N4O7. The molecular weight excluding hydrogens is 336 g/mol. The van der Waals surface area contributed by atoms with Crippen LogP contribution in [0.15, 0.2) is 12.5 Å². The van der Waals surface area contributed by atoms with E-state index in [1.807, 2.05) is 0 Å².